The molecule has 0 unspecified atom stereocenters. The third kappa shape index (κ3) is 3.81. The SMILES string of the molecule is C[C@]1(O)CC[C@H]2[C@@H](CC[C@@H]3[C@@H]2CC[C@]2(C)[C@@H](C(=O)CSS(=O)(=O)O)CC[C@@H]32)C1. The van der Waals surface area contributed by atoms with Crippen LogP contribution in [0.5, 0.6) is 0 Å². The van der Waals surface area contributed by atoms with Crippen LogP contribution in [-0.4, -0.2) is 35.2 Å². The van der Waals surface area contributed by atoms with Gasteiger partial charge in [-0.25, -0.2) is 0 Å². The molecule has 0 aliphatic heterocycles. The van der Waals surface area contributed by atoms with Crippen LogP contribution in [0.15, 0.2) is 0 Å². The van der Waals surface area contributed by atoms with E-state index in [1.54, 1.807) is 0 Å². The molecule has 0 radical (unpaired) electrons. The monoisotopic (exact) mass is 430 g/mol. The van der Waals surface area contributed by atoms with Crippen LogP contribution in [0.4, 0.5) is 0 Å². The van der Waals surface area contributed by atoms with E-state index >= 15 is 0 Å². The summed E-state index contributed by atoms with van der Waals surface area (Å²) < 4.78 is 31.0. The van der Waals surface area contributed by atoms with E-state index in [9.17, 15) is 18.3 Å². The van der Waals surface area contributed by atoms with Gasteiger partial charge in [0.1, 0.15) is 5.78 Å². The standard InChI is InChI=1S/C21H34O5S2/c1-20(23)9-7-14-13(11-20)3-4-16-15(14)8-10-21(2)17(16)5-6-18(21)19(22)12-27-28(24,25)26/h13-18,23H,3-12H2,1-2H3,(H,24,25,26)/t13-,14-,15+,16+,17-,18+,20-,21-/m0/s1. The first-order valence-electron chi connectivity index (χ1n) is 10.9. The van der Waals surface area contributed by atoms with Gasteiger partial charge in [0.15, 0.2) is 0 Å². The van der Waals surface area contributed by atoms with Gasteiger partial charge in [-0.1, -0.05) is 6.92 Å². The molecule has 8 atom stereocenters. The molecule has 4 aliphatic rings. The lowest BCUT2D eigenvalue weighted by Crippen LogP contribution is -2.51. The summed E-state index contributed by atoms with van der Waals surface area (Å²) in [6.07, 6.45) is 9.54. The quantitative estimate of drug-likeness (QED) is 0.515. The Kier molecular flexibility index (Phi) is 5.47. The summed E-state index contributed by atoms with van der Waals surface area (Å²) >= 11 is 0. The zero-order valence-electron chi connectivity index (χ0n) is 17.0. The van der Waals surface area contributed by atoms with Gasteiger partial charge in [0.05, 0.1) is 11.4 Å². The van der Waals surface area contributed by atoms with Crippen LogP contribution in [0, 0.1) is 40.9 Å². The minimum atomic E-state index is -4.16. The van der Waals surface area contributed by atoms with Crippen molar-refractivity contribution in [3.8, 4) is 0 Å². The molecule has 0 spiro atoms. The Balaban J connectivity index is 1.47. The number of carbonyl (C=O) groups is 1. The minimum Gasteiger partial charge on any atom is -0.390 e. The molecule has 7 heteroatoms. The van der Waals surface area contributed by atoms with E-state index in [0.717, 1.165) is 56.8 Å². The molecule has 0 aromatic heterocycles. The smallest absolute Gasteiger partial charge is 0.320 e. The van der Waals surface area contributed by atoms with E-state index in [2.05, 4.69) is 6.92 Å². The van der Waals surface area contributed by atoms with Crippen molar-refractivity contribution in [2.45, 2.75) is 77.2 Å². The maximum Gasteiger partial charge on any atom is 0.320 e. The molecule has 5 nitrogen and oxygen atoms in total. The second-order valence-electron chi connectivity index (χ2n) is 10.5. The Labute approximate surface area is 172 Å². The predicted molar refractivity (Wildman–Crippen MR) is 110 cm³/mol. The van der Waals surface area contributed by atoms with Crippen molar-refractivity contribution in [1.29, 1.82) is 0 Å². The van der Waals surface area contributed by atoms with Crippen molar-refractivity contribution in [3.05, 3.63) is 0 Å². The molecule has 0 aromatic carbocycles. The zero-order valence-corrected chi connectivity index (χ0v) is 18.6. The topological polar surface area (TPSA) is 91.7 Å². The highest BCUT2D eigenvalue weighted by atomic mass is 33.1. The van der Waals surface area contributed by atoms with Crippen LogP contribution < -0.4 is 0 Å². The van der Waals surface area contributed by atoms with Crippen LogP contribution in [0.2, 0.25) is 0 Å². The summed E-state index contributed by atoms with van der Waals surface area (Å²) in [5.74, 6) is 3.13. The fourth-order valence-corrected chi connectivity index (χ4v) is 9.11. The first-order chi connectivity index (χ1) is 13.0. The number of ketones is 1. The number of fused-ring (bicyclic) bond motifs is 5. The third-order valence-electron chi connectivity index (χ3n) is 8.98. The van der Waals surface area contributed by atoms with Crippen molar-refractivity contribution in [3.63, 3.8) is 0 Å². The van der Waals surface area contributed by atoms with Crippen molar-refractivity contribution < 1.29 is 22.9 Å². The Morgan fingerprint density at radius 1 is 1.00 bits per heavy atom. The van der Waals surface area contributed by atoms with E-state index in [-0.39, 0.29) is 22.9 Å². The lowest BCUT2D eigenvalue weighted by Gasteiger charge is -2.56. The highest BCUT2D eigenvalue weighted by molar-refractivity contribution is 8.70. The fraction of sp³-hybridized carbons (Fsp3) is 0.952. The van der Waals surface area contributed by atoms with Crippen molar-refractivity contribution in [2.24, 2.45) is 40.9 Å². The van der Waals surface area contributed by atoms with Crippen LogP contribution >= 0.6 is 10.8 Å². The van der Waals surface area contributed by atoms with Crippen LogP contribution in [0.25, 0.3) is 0 Å². The number of carbonyl (C=O) groups excluding carboxylic acids is 1. The van der Waals surface area contributed by atoms with E-state index < -0.39 is 14.8 Å². The molecule has 0 saturated heterocycles. The molecule has 4 aliphatic carbocycles. The molecule has 0 aromatic rings. The number of aliphatic hydroxyl groups is 1. The average molecular weight is 431 g/mol. The normalized spacial score (nSPS) is 48.4. The Morgan fingerprint density at radius 3 is 2.43 bits per heavy atom. The third-order valence-corrected chi connectivity index (χ3v) is 10.9. The lowest BCUT2D eigenvalue weighted by molar-refractivity contribution is -0.129. The molecular formula is C21H34O5S2. The maximum absolute atomic E-state index is 12.8. The molecule has 28 heavy (non-hydrogen) atoms. The lowest BCUT2D eigenvalue weighted by atomic mass is 9.49. The Morgan fingerprint density at radius 2 is 1.71 bits per heavy atom. The Bertz CT molecular complexity index is 733. The molecule has 4 fully saturated rings. The van der Waals surface area contributed by atoms with E-state index in [4.69, 9.17) is 4.55 Å². The van der Waals surface area contributed by atoms with Gasteiger partial charge < -0.3 is 5.11 Å². The largest absolute Gasteiger partial charge is 0.390 e. The maximum atomic E-state index is 12.8. The highest BCUT2D eigenvalue weighted by Gasteiger charge is 2.58. The molecule has 4 saturated carbocycles. The first-order valence-corrected chi connectivity index (χ1v) is 13.8. The molecule has 0 bridgehead atoms. The number of Topliss-reactive ketones (excluding diaryl/α,β-unsaturated/α-hetero) is 1. The van der Waals surface area contributed by atoms with E-state index in [1.165, 1.54) is 12.8 Å². The van der Waals surface area contributed by atoms with Gasteiger partial charge in [-0.05, 0) is 99.7 Å². The molecule has 4 rings (SSSR count). The van der Waals surface area contributed by atoms with E-state index in [1.807, 2.05) is 6.92 Å². The molecular weight excluding hydrogens is 396 g/mol. The summed E-state index contributed by atoms with van der Waals surface area (Å²) in [5.41, 5.74) is -0.516. The van der Waals surface area contributed by atoms with Gasteiger partial charge in [-0.15, -0.1) is 0 Å². The number of hydrogen-bond donors (Lipinski definition) is 2. The van der Waals surface area contributed by atoms with Crippen molar-refractivity contribution in [2.75, 3.05) is 5.75 Å². The predicted octanol–water partition coefficient (Wildman–Crippen LogP) is 4.11. The summed E-state index contributed by atoms with van der Waals surface area (Å²) in [4.78, 5) is 12.8. The summed E-state index contributed by atoms with van der Waals surface area (Å²) in [5, 5.41) is 10.5. The Hall–Kier alpha value is -0.110. The van der Waals surface area contributed by atoms with E-state index in [0.29, 0.717) is 28.5 Å². The zero-order chi connectivity index (χ0) is 20.3. The summed E-state index contributed by atoms with van der Waals surface area (Å²) in [6, 6.07) is 0. The molecule has 0 heterocycles. The van der Waals surface area contributed by atoms with Crippen molar-refractivity contribution in [1.82, 2.24) is 0 Å². The van der Waals surface area contributed by atoms with Crippen LogP contribution in [0.1, 0.15) is 71.6 Å². The van der Waals surface area contributed by atoms with Crippen LogP contribution in [0.3, 0.4) is 0 Å². The molecule has 0 amide bonds. The second kappa shape index (κ2) is 7.24. The van der Waals surface area contributed by atoms with Gasteiger partial charge >= 0.3 is 9.15 Å². The minimum absolute atomic E-state index is 0.00604. The van der Waals surface area contributed by atoms with Crippen molar-refractivity contribution >= 4 is 25.7 Å². The molecule has 2 N–H and O–H groups in total. The summed E-state index contributed by atoms with van der Waals surface area (Å²) in [6.45, 7) is 4.25. The van der Waals surface area contributed by atoms with Gasteiger partial charge in [0.25, 0.3) is 0 Å². The summed E-state index contributed by atoms with van der Waals surface area (Å²) in [7, 11) is -3.81. The first kappa shape index (κ1) is 21.1. The van der Waals surface area contributed by atoms with Gasteiger partial charge in [-0.3, -0.25) is 9.35 Å². The number of hydrogen-bond acceptors (Lipinski definition) is 5. The second-order valence-corrected chi connectivity index (χ2v) is 13.9. The highest BCUT2D eigenvalue weighted by Crippen LogP contribution is 2.64. The van der Waals surface area contributed by atoms with Gasteiger partial charge in [-0.2, -0.15) is 8.42 Å². The van der Waals surface area contributed by atoms with Crippen LogP contribution in [-0.2, 0) is 13.9 Å². The average Bonchev–Trinajstić information content (AvgIpc) is 2.95. The van der Waals surface area contributed by atoms with Gasteiger partial charge in [0.2, 0.25) is 0 Å². The fourth-order valence-electron chi connectivity index (χ4n) is 7.84. The number of rotatable bonds is 4. The van der Waals surface area contributed by atoms with Gasteiger partial charge in [0, 0.05) is 16.7 Å². The molecule has 160 valence electrons.